The quantitative estimate of drug-likeness (QED) is 0.834. The molecule has 3 nitrogen and oxygen atoms in total. The molecule has 1 aliphatic rings. The van der Waals surface area contributed by atoms with Crippen molar-refractivity contribution in [1.82, 2.24) is 0 Å². The number of ether oxygens (including phenoxy) is 1. The number of methoxy groups -OCH3 is 1. The molecule has 94 valence electrons. The largest absolute Gasteiger partial charge is 0.504 e. The molecule has 0 radical (unpaired) electrons. The van der Waals surface area contributed by atoms with Crippen LogP contribution >= 0.6 is 0 Å². The lowest BCUT2D eigenvalue weighted by molar-refractivity contribution is 0.338. The van der Waals surface area contributed by atoms with Gasteiger partial charge in [0.2, 0.25) is 0 Å². The first-order chi connectivity index (χ1) is 7.99. The van der Waals surface area contributed by atoms with E-state index < -0.39 is 11.4 Å². The molecule has 0 amide bonds. The van der Waals surface area contributed by atoms with Crippen LogP contribution in [0.5, 0.6) is 11.5 Å². The summed E-state index contributed by atoms with van der Waals surface area (Å²) in [7, 11) is 1.35. The number of benzene rings is 1. The highest BCUT2D eigenvalue weighted by Gasteiger charge is 2.35. The minimum absolute atomic E-state index is 0.100. The molecule has 4 heteroatoms. The van der Waals surface area contributed by atoms with Crippen LogP contribution in [0.4, 0.5) is 4.39 Å². The second kappa shape index (κ2) is 4.18. The van der Waals surface area contributed by atoms with Crippen LogP contribution in [0.1, 0.15) is 36.8 Å². The van der Waals surface area contributed by atoms with Gasteiger partial charge in [0.25, 0.3) is 0 Å². The lowest BCUT2D eigenvalue weighted by Gasteiger charge is -2.26. The third-order valence-electron chi connectivity index (χ3n) is 3.62. The van der Waals surface area contributed by atoms with Crippen LogP contribution in [-0.2, 0) is 5.54 Å². The lowest BCUT2D eigenvalue weighted by atomic mass is 9.87. The molecule has 0 heterocycles. The summed E-state index contributed by atoms with van der Waals surface area (Å²) in [6.07, 6.45) is 3.57. The molecule has 0 saturated heterocycles. The maximum absolute atomic E-state index is 14.2. The zero-order valence-electron chi connectivity index (χ0n) is 10.2. The molecule has 0 bridgehead atoms. The summed E-state index contributed by atoms with van der Waals surface area (Å²) in [6, 6.07) is 1.64. The minimum atomic E-state index is -0.615. The van der Waals surface area contributed by atoms with Crippen LogP contribution in [0.25, 0.3) is 0 Å². The molecule has 1 aromatic rings. The van der Waals surface area contributed by atoms with E-state index in [0.717, 1.165) is 25.7 Å². The van der Waals surface area contributed by atoms with Gasteiger partial charge in [0, 0.05) is 11.1 Å². The predicted molar refractivity (Wildman–Crippen MR) is 63.7 cm³/mol. The molecule has 1 aliphatic carbocycles. The summed E-state index contributed by atoms with van der Waals surface area (Å²) in [4.78, 5) is 0. The van der Waals surface area contributed by atoms with Crippen LogP contribution in [-0.4, -0.2) is 12.2 Å². The van der Waals surface area contributed by atoms with Gasteiger partial charge in [-0.2, -0.15) is 0 Å². The average molecular weight is 239 g/mol. The number of hydrogen-bond acceptors (Lipinski definition) is 3. The number of phenols is 1. The average Bonchev–Trinajstić information content (AvgIpc) is 2.72. The number of aromatic hydroxyl groups is 1. The van der Waals surface area contributed by atoms with Crippen LogP contribution in [0.2, 0.25) is 0 Å². The molecule has 2 rings (SSSR count). The molecule has 0 spiro atoms. The van der Waals surface area contributed by atoms with Gasteiger partial charge in [-0.3, -0.25) is 0 Å². The Morgan fingerprint density at radius 2 is 2.00 bits per heavy atom. The molecule has 17 heavy (non-hydrogen) atoms. The molecule has 3 N–H and O–H groups in total. The Kier molecular flexibility index (Phi) is 3.00. The standard InChI is InChI=1S/C13H18FNO2/c1-8-7-9(13(15)5-3-4-6-13)10(14)12(17-2)11(8)16/h7,16H,3-6,15H2,1-2H3. The maximum Gasteiger partial charge on any atom is 0.197 e. The normalized spacial score (nSPS) is 18.4. The van der Waals surface area contributed by atoms with Gasteiger partial charge in [-0.1, -0.05) is 12.8 Å². The lowest BCUT2D eigenvalue weighted by Crippen LogP contribution is -2.34. The van der Waals surface area contributed by atoms with Gasteiger partial charge in [0.05, 0.1) is 7.11 Å². The first-order valence-electron chi connectivity index (χ1n) is 5.85. The molecule has 1 fully saturated rings. The van der Waals surface area contributed by atoms with Crippen molar-refractivity contribution < 1.29 is 14.2 Å². The van der Waals surface area contributed by atoms with Gasteiger partial charge in [-0.05, 0) is 31.4 Å². The topological polar surface area (TPSA) is 55.5 Å². The number of aryl methyl sites for hydroxylation is 1. The summed E-state index contributed by atoms with van der Waals surface area (Å²) in [6.45, 7) is 1.72. The van der Waals surface area contributed by atoms with Gasteiger partial charge in [-0.15, -0.1) is 0 Å². The molecule has 0 atom stereocenters. The maximum atomic E-state index is 14.2. The van der Waals surface area contributed by atoms with E-state index in [1.807, 2.05) is 0 Å². The molecule has 1 aromatic carbocycles. The minimum Gasteiger partial charge on any atom is -0.504 e. The van der Waals surface area contributed by atoms with E-state index in [0.29, 0.717) is 11.1 Å². The highest BCUT2D eigenvalue weighted by atomic mass is 19.1. The third-order valence-corrected chi connectivity index (χ3v) is 3.62. The van der Waals surface area contributed by atoms with Crippen LogP contribution in [0.3, 0.4) is 0 Å². The van der Waals surface area contributed by atoms with E-state index in [9.17, 15) is 9.50 Å². The van der Waals surface area contributed by atoms with Crippen molar-refractivity contribution in [2.45, 2.75) is 38.1 Å². The Morgan fingerprint density at radius 1 is 1.41 bits per heavy atom. The van der Waals surface area contributed by atoms with Crippen molar-refractivity contribution in [2.24, 2.45) is 5.73 Å². The summed E-state index contributed by atoms with van der Waals surface area (Å²) in [5, 5.41) is 9.72. The second-order valence-electron chi connectivity index (χ2n) is 4.80. The Balaban J connectivity index is 2.58. The zero-order chi connectivity index (χ0) is 12.6. The molecule has 0 aliphatic heterocycles. The Labute approximate surface area is 100 Å². The van der Waals surface area contributed by atoms with E-state index in [1.54, 1.807) is 13.0 Å². The van der Waals surface area contributed by atoms with Crippen molar-refractivity contribution >= 4 is 0 Å². The highest BCUT2D eigenvalue weighted by molar-refractivity contribution is 5.51. The van der Waals surface area contributed by atoms with Gasteiger partial charge in [-0.25, -0.2) is 4.39 Å². The van der Waals surface area contributed by atoms with E-state index >= 15 is 0 Å². The van der Waals surface area contributed by atoms with E-state index in [-0.39, 0.29) is 11.5 Å². The number of halogens is 1. The highest BCUT2D eigenvalue weighted by Crippen LogP contribution is 2.43. The van der Waals surface area contributed by atoms with Crippen molar-refractivity contribution in [2.75, 3.05) is 7.11 Å². The summed E-state index contributed by atoms with van der Waals surface area (Å²) < 4.78 is 19.2. The van der Waals surface area contributed by atoms with E-state index in [1.165, 1.54) is 7.11 Å². The van der Waals surface area contributed by atoms with Crippen molar-refractivity contribution in [1.29, 1.82) is 0 Å². The van der Waals surface area contributed by atoms with Crippen LogP contribution in [0.15, 0.2) is 6.07 Å². The third kappa shape index (κ3) is 1.86. The van der Waals surface area contributed by atoms with Gasteiger partial charge in [0.15, 0.2) is 17.3 Å². The number of nitrogens with two attached hydrogens (primary N) is 1. The number of phenolic OH excluding ortho intramolecular Hbond substituents is 1. The smallest absolute Gasteiger partial charge is 0.197 e. The Morgan fingerprint density at radius 3 is 2.53 bits per heavy atom. The molecular weight excluding hydrogens is 221 g/mol. The first-order valence-corrected chi connectivity index (χ1v) is 5.85. The molecule has 0 unspecified atom stereocenters. The zero-order valence-corrected chi connectivity index (χ0v) is 10.2. The van der Waals surface area contributed by atoms with Gasteiger partial charge >= 0.3 is 0 Å². The van der Waals surface area contributed by atoms with E-state index in [2.05, 4.69) is 0 Å². The van der Waals surface area contributed by atoms with Crippen molar-refractivity contribution in [3.8, 4) is 11.5 Å². The second-order valence-corrected chi connectivity index (χ2v) is 4.80. The van der Waals surface area contributed by atoms with Crippen molar-refractivity contribution in [3.63, 3.8) is 0 Å². The van der Waals surface area contributed by atoms with Crippen molar-refractivity contribution in [3.05, 3.63) is 23.0 Å². The number of rotatable bonds is 2. The predicted octanol–water partition coefficient (Wildman–Crippen LogP) is 2.58. The van der Waals surface area contributed by atoms with Crippen LogP contribution < -0.4 is 10.5 Å². The molecule has 0 aromatic heterocycles. The van der Waals surface area contributed by atoms with Crippen LogP contribution in [0, 0.1) is 12.7 Å². The summed E-state index contributed by atoms with van der Waals surface area (Å²) in [5.74, 6) is -0.771. The Hall–Kier alpha value is -1.29. The Bertz CT molecular complexity index is 440. The number of hydrogen-bond donors (Lipinski definition) is 2. The molecule has 1 saturated carbocycles. The van der Waals surface area contributed by atoms with Gasteiger partial charge in [0.1, 0.15) is 0 Å². The molecular formula is C13H18FNO2. The first kappa shape index (κ1) is 12.2. The summed E-state index contributed by atoms with van der Waals surface area (Å²) >= 11 is 0. The fraction of sp³-hybridized carbons (Fsp3) is 0.538. The van der Waals surface area contributed by atoms with E-state index in [4.69, 9.17) is 10.5 Å². The summed E-state index contributed by atoms with van der Waals surface area (Å²) in [5.41, 5.74) is 6.68. The monoisotopic (exact) mass is 239 g/mol. The SMILES string of the molecule is COc1c(O)c(C)cc(C2(N)CCCC2)c1F. The fourth-order valence-electron chi connectivity index (χ4n) is 2.58. The van der Waals surface area contributed by atoms with Gasteiger partial charge < -0.3 is 15.6 Å². The fourth-order valence-corrected chi connectivity index (χ4v) is 2.58.